The van der Waals surface area contributed by atoms with Gasteiger partial charge >= 0.3 is 0 Å². The summed E-state index contributed by atoms with van der Waals surface area (Å²) in [4.78, 5) is 57.4. The Hall–Kier alpha value is -7.60. The highest BCUT2D eigenvalue weighted by Gasteiger charge is 2.20. The molecular weight excluding hydrogens is 1170 g/mol. The van der Waals surface area contributed by atoms with Gasteiger partial charge in [-0.3, -0.25) is 19.2 Å². The van der Waals surface area contributed by atoms with E-state index in [1.807, 2.05) is 72.8 Å². The predicted octanol–water partition coefficient (Wildman–Crippen LogP) is 22.3. The van der Waals surface area contributed by atoms with Crippen LogP contribution in [0.4, 0.5) is 22.7 Å². The molecule has 508 valence electrons. The van der Waals surface area contributed by atoms with Crippen molar-refractivity contribution in [2.24, 2.45) is 0 Å². The van der Waals surface area contributed by atoms with Crippen LogP contribution in [-0.2, 0) is 12.8 Å². The zero-order chi connectivity index (χ0) is 66.2. The van der Waals surface area contributed by atoms with Gasteiger partial charge in [-0.15, -0.1) is 0 Å². The summed E-state index contributed by atoms with van der Waals surface area (Å²) in [5.41, 5.74) is 6.82. The maximum absolute atomic E-state index is 14.4. The highest BCUT2D eigenvalue weighted by molar-refractivity contribution is 6.10. The third kappa shape index (κ3) is 26.7. The smallest absolute Gasteiger partial charge is 0.255 e. The fraction of sp³-hybridized carbons (Fsp3) is 0.512. The summed E-state index contributed by atoms with van der Waals surface area (Å²) in [7, 11) is 0. The molecule has 0 saturated carbocycles. The Bertz CT molecular complexity index is 2810. The SMILES string of the molecule is CCCCCCCCCCOc1ccc2cc1Cc1cc(ccc1OCCCCCCCCCC)NC(=O)c1cccc(c1)C(=O)Nc1ccc(OCCCCCCCCCC)c(c1)Cc1cc(ccc1OCCCCCCCCCC)NC(=O)c1cccc(c1)C(=O)N2. The fourth-order valence-corrected chi connectivity index (χ4v) is 12.2. The monoisotopic (exact) mass is 1280 g/mol. The van der Waals surface area contributed by atoms with E-state index in [4.69, 9.17) is 18.9 Å². The lowest BCUT2D eigenvalue weighted by Crippen LogP contribution is -2.16. The lowest BCUT2D eigenvalue weighted by atomic mass is 10.0. The first-order valence-corrected chi connectivity index (χ1v) is 36.6. The van der Waals surface area contributed by atoms with Gasteiger partial charge in [0.05, 0.1) is 26.4 Å². The summed E-state index contributed by atoms with van der Waals surface area (Å²) < 4.78 is 26.4. The lowest BCUT2D eigenvalue weighted by Gasteiger charge is -2.18. The quantitative estimate of drug-likeness (QED) is 0.0277. The number of rotatable bonds is 40. The number of nitrogens with one attached hydrogen (secondary N) is 4. The van der Waals surface area contributed by atoms with Crippen LogP contribution < -0.4 is 40.2 Å². The van der Waals surface area contributed by atoms with Crippen molar-refractivity contribution in [3.05, 3.63) is 166 Å². The number of carbonyl (C=O) groups is 4. The van der Waals surface area contributed by atoms with E-state index in [-0.39, 0.29) is 23.6 Å². The Morgan fingerprint density at radius 3 is 0.670 bits per heavy atom. The van der Waals surface area contributed by atoms with Crippen LogP contribution >= 0.6 is 0 Å². The molecule has 1 heterocycles. The molecule has 6 aromatic carbocycles. The van der Waals surface area contributed by atoms with Gasteiger partial charge in [-0.2, -0.15) is 0 Å². The Balaban J connectivity index is 1.21. The van der Waals surface area contributed by atoms with E-state index in [0.29, 0.717) is 107 Å². The van der Waals surface area contributed by atoms with Gasteiger partial charge in [0, 0.05) is 80.1 Å². The van der Waals surface area contributed by atoms with Crippen molar-refractivity contribution in [3.63, 3.8) is 0 Å². The first-order chi connectivity index (χ1) is 46.1. The number of anilines is 4. The van der Waals surface area contributed by atoms with Crippen molar-refractivity contribution >= 4 is 46.4 Å². The molecule has 12 heteroatoms. The second-order valence-electron chi connectivity index (χ2n) is 25.9. The van der Waals surface area contributed by atoms with Crippen LogP contribution in [0.1, 0.15) is 297 Å². The van der Waals surface area contributed by atoms with Crippen LogP contribution in [0.15, 0.2) is 121 Å². The van der Waals surface area contributed by atoms with E-state index in [0.717, 1.165) is 99.3 Å². The van der Waals surface area contributed by atoms with E-state index in [9.17, 15) is 19.2 Å². The molecular formula is C82H112N4O8. The Kier molecular flexibility index (Phi) is 34.1. The molecule has 1 aliphatic heterocycles. The third-order valence-corrected chi connectivity index (χ3v) is 17.8. The molecule has 0 atom stereocenters. The second-order valence-corrected chi connectivity index (χ2v) is 25.9. The van der Waals surface area contributed by atoms with Gasteiger partial charge < -0.3 is 40.2 Å². The number of fused-ring (bicyclic) bond motifs is 12. The van der Waals surface area contributed by atoms with Crippen molar-refractivity contribution < 1.29 is 38.1 Å². The molecule has 6 aromatic rings. The normalized spacial score (nSPS) is 12.6. The second kappa shape index (κ2) is 43.4. The highest BCUT2D eigenvalue weighted by atomic mass is 16.5. The Morgan fingerprint density at radius 2 is 0.457 bits per heavy atom. The van der Waals surface area contributed by atoms with Gasteiger partial charge in [-0.1, -0.05) is 220 Å². The number of unbranched alkanes of at least 4 members (excludes halogenated alkanes) is 28. The standard InChI is InChI=1S/C82H112N4O8/c1-5-9-13-17-21-25-29-33-51-91-75-47-43-71-59-67(75)57-68-60-72(44-48-76(68)92-52-34-30-26-22-18-14-10-6-2)84-80(88)65-41-38-42-66(56-65)82(90)86-74-46-50-78(94-54-36-32-28-24-20-16-12-8-4)70(62-74)58-69-61-73(85-81(89)64-40-37-39-63(55-64)79(87)83-71)45-49-77(69)93-53-35-31-27-23-19-15-11-7-3/h37-50,55-56,59-62H,5-36,51-54,57-58H2,1-4H3,(H,83,87)(H,84,88)(H,85,89)(H,86,90). The maximum atomic E-state index is 14.4. The van der Waals surface area contributed by atoms with Gasteiger partial charge in [0.25, 0.3) is 23.6 Å². The Morgan fingerprint density at radius 1 is 0.255 bits per heavy atom. The van der Waals surface area contributed by atoms with Crippen molar-refractivity contribution in [1.82, 2.24) is 0 Å². The minimum atomic E-state index is -0.372. The van der Waals surface area contributed by atoms with Crippen molar-refractivity contribution in [1.29, 1.82) is 0 Å². The van der Waals surface area contributed by atoms with Crippen molar-refractivity contribution in [2.45, 2.75) is 246 Å². The van der Waals surface area contributed by atoms with Crippen LogP contribution in [0, 0.1) is 0 Å². The first-order valence-electron chi connectivity index (χ1n) is 36.6. The maximum Gasteiger partial charge on any atom is 0.255 e. The van der Waals surface area contributed by atoms with Crippen LogP contribution in [0.5, 0.6) is 23.0 Å². The van der Waals surface area contributed by atoms with E-state index < -0.39 is 0 Å². The number of hydrogen-bond donors (Lipinski definition) is 4. The van der Waals surface area contributed by atoms with E-state index in [1.165, 1.54) is 128 Å². The molecule has 0 unspecified atom stereocenters. The van der Waals surface area contributed by atoms with Crippen LogP contribution in [0.25, 0.3) is 0 Å². The molecule has 7 rings (SSSR count). The summed E-state index contributed by atoms with van der Waals surface area (Å²) in [6.07, 6.45) is 38.4. The van der Waals surface area contributed by atoms with Crippen molar-refractivity contribution in [2.75, 3.05) is 47.7 Å². The summed E-state index contributed by atoms with van der Waals surface area (Å²) in [6, 6.07) is 36.4. The predicted molar refractivity (Wildman–Crippen MR) is 388 cm³/mol. The molecule has 12 bridgehead atoms. The van der Waals surface area contributed by atoms with Crippen LogP contribution in [0.2, 0.25) is 0 Å². The number of benzene rings is 6. The molecule has 0 aliphatic carbocycles. The summed E-state index contributed by atoms with van der Waals surface area (Å²) in [5, 5.41) is 12.5. The zero-order valence-corrected chi connectivity index (χ0v) is 57.7. The zero-order valence-electron chi connectivity index (χ0n) is 57.7. The first kappa shape index (κ1) is 73.8. The summed E-state index contributed by atoms with van der Waals surface area (Å²) in [5.74, 6) is 1.29. The minimum absolute atomic E-state index is 0.319. The Labute approximate surface area is 564 Å². The molecule has 4 N–H and O–H groups in total. The molecule has 94 heavy (non-hydrogen) atoms. The van der Waals surface area contributed by atoms with Crippen LogP contribution in [0.3, 0.4) is 0 Å². The number of hydrogen-bond acceptors (Lipinski definition) is 8. The van der Waals surface area contributed by atoms with Crippen LogP contribution in [-0.4, -0.2) is 50.1 Å². The molecule has 1 aliphatic rings. The largest absolute Gasteiger partial charge is 0.493 e. The van der Waals surface area contributed by atoms with Gasteiger partial charge in [0.15, 0.2) is 0 Å². The topological polar surface area (TPSA) is 153 Å². The summed E-state index contributed by atoms with van der Waals surface area (Å²) >= 11 is 0. The van der Waals surface area contributed by atoms with Gasteiger partial charge in [0.1, 0.15) is 23.0 Å². The number of amides is 4. The average Bonchev–Trinajstić information content (AvgIpc) is 0.870. The van der Waals surface area contributed by atoms with E-state index >= 15 is 0 Å². The molecule has 0 fully saturated rings. The van der Waals surface area contributed by atoms with Gasteiger partial charge in [-0.25, -0.2) is 0 Å². The lowest BCUT2D eigenvalue weighted by molar-refractivity contribution is 0.101. The number of carbonyl (C=O) groups excluding carboxylic acids is 4. The van der Waals surface area contributed by atoms with Gasteiger partial charge in [0.2, 0.25) is 0 Å². The van der Waals surface area contributed by atoms with Crippen molar-refractivity contribution in [3.8, 4) is 23.0 Å². The average molecular weight is 1280 g/mol. The number of ether oxygens (including phenoxy) is 4. The van der Waals surface area contributed by atoms with E-state index in [1.54, 1.807) is 48.5 Å². The third-order valence-electron chi connectivity index (χ3n) is 17.8. The molecule has 0 spiro atoms. The summed E-state index contributed by atoms with van der Waals surface area (Å²) in [6.45, 7) is 11.1. The fourth-order valence-electron chi connectivity index (χ4n) is 12.2. The molecule has 0 saturated heterocycles. The molecule has 12 nitrogen and oxygen atoms in total. The van der Waals surface area contributed by atoms with Gasteiger partial charge in [-0.05, 0) is 135 Å². The molecule has 0 radical (unpaired) electrons. The molecule has 4 amide bonds. The van der Waals surface area contributed by atoms with E-state index in [2.05, 4.69) is 49.0 Å². The minimum Gasteiger partial charge on any atom is -0.493 e. The highest BCUT2D eigenvalue weighted by Crippen LogP contribution is 2.35. The molecule has 0 aromatic heterocycles.